The molecule has 2 aromatic rings. The van der Waals surface area contributed by atoms with Gasteiger partial charge in [0.05, 0.1) is 6.10 Å². The minimum Gasteiger partial charge on any atom is -0.491 e. The van der Waals surface area contributed by atoms with Crippen LogP contribution < -0.4 is 10.1 Å². The van der Waals surface area contributed by atoms with Crippen LogP contribution in [0.25, 0.3) is 0 Å². The molecule has 1 aliphatic carbocycles. The Balaban J connectivity index is 1.48. The van der Waals surface area contributed by atoms with Crippen LogP contribution in [0.15, 0.2) is 48.5 Å². The maximum atomic E-state index is 10.4. The van der Waals surface area contributed by atoms with E-state index in [-0.39, 0.29) is 11.5 Å². The van der Waals surface area contributed by atoms with Crippen LogP contribution in [0.4, 0.5) is 0 Å². The van der Waals surface area contributed by atoms with Crippen molar-refractivity contribution in [2.24, 2.45) is 11.8 Å². The first kappa shape index (κ1) is 28.7. The number of aryl methyl sites for hydroxylation is 1. The lowest BCUT2D eigenvalue weighted by Gasteiger charge is -2.35. The first-order chi connectivity index (χ1) is 17.2. The predicted molar refractivity (Wildman–Crippen MR) is 150 cm³/mol. The normalized spacial score (nSPS) is 22.2. The van der Waals surface area contributed by atoms with Gasteiger partial charge in [0.1, 0.15) is 18.5 Å². The van der Waals surface area contributed by atoms with Crippen molar-refractivity contribution < 1.29 is 14.9 Å². The molecule has 0 saturated heterocycles. The summed E-state index contributed by atoms with van der Waals surface area (Å²) in [5, 5.41) is 24.0. The van der Waals surface area contributed by atoms with Crippen LogP contribution in [-0.4, -0.2) is 41.6 Å². The van der Waals surface area contributed by atoms with Gasteiger partial charge in [-0.15, -0.1) is 0 Å². The summed E-state index contributed by atoms with van der Waals surface area (Å²) in [5.41, 5.74) is 3.63. The van der Waals surface area contributed by atoms with Crippen LogP contribution >= 0.6 is 0 Å². The highest BCUT2D eigenvalue weighted by Crippen LogP contribution is 2.33. The molecule has 1 saturated carbocycles. The first-order valence-electron chi connectivity index (χ1n) is 14.1. The number of aliphatic hydroxyl groups is 2. The Morgan fingerprint density at radius 1 is 0.917 bits per heavy atom. The molecule has 0 amide bonds. The standard InChI is InChI=1S/C32H49NO3/c1-6-8-28(34)18-13-25-11-14-26(15-12-25)32(4,5)27-16-19-30(20-17-27)36-22-29(35)21-33-31-10-7-9-23(2)24(31)3/h11-12,14-17,19-20,23-24,28-29,31,33-35H,6-10,13,18,21-22H2,1-5H3. The van der Waals surface area contributed by atoms with Crippen LogP contribution in [0.5, 0.6) is 5.75 Å². The van der Waals surface area contributed by atoms with E-state index in [1.807, 2.05) is 12.1 Å². The van der Waals surface area contributed by atoms with Crippen LogP contribution in [0.2, 0.25) is 0 Å². The average Bonchev–Trinajstić information content (AvgIpc) is 2.88. The zero-order chi connectivity index (χ0) is 26.1. The van der Waals surface area contributed by atoms with E-state index >= 15 is 0 Å². The Hall–Kier alpha value is -1.88. The molecule has 5 unspecified atom stereocenters. The topological polar surface area (TPSA) is 61.7 Å². The summed E-state index contributed by atoms with van der Waals surface area (Å²) < 4.78 is 5.90. The minimum atomic E-state index is -0.521. The zero-order valence-electron chi connectivity index (χ0n) is 23.2. The summed E-state index contributed by atoms with van der Waals surface area (Å²) in [6, 6.07) is 17.6. The van der Waals surface area contributed by atoms with Crippen molar-refractivity contribution >= 4 is 0 Å². The highest BCUT2D eigenvalue weighted by molar-refractivity contribution is 5.41. The Morgan fingerprint density at radius 3 is 2.19 bits per heavy atom. The maximum absolute atomic E-state index is 10.4. The Morgan fingerprint density at radius 2 is 1.56 bits per heavy atom. The van der Waals surface area contributed by atoms with Crippen LogP contribution in [-0.2, 0) is 11.8 Å². The van der Waals surface area contributed by atoms with Crippen molar-refractivity contribution in [3.05, 3.63) is 65.2 Å². The molecule has 4 heteroatoms. The smallest absolute Gasteiger partial charge is 0.119 e. The lowest BCUT2D eigenvalue weighted by molar-refractivity contribution is 0.0946. The summed E-state index contributed by atoms with van der Waals surface area (Å²) in [5.74, 6) is 2.18. The Kier molecular flexibility index (Phi) is 10.8. The van der Waals surface area contributed by atoms with Gasteiger partial charge in [-0.3, -0.25) is 0 Å². The van der Waals surface area contributed by atoms with E-state index in [0.717, 1.165) is 37.4 Å². The molecule has 0 heterocycles. The summed E-state index contributed by atoms with van der Waals surface area (Å²) in [4.78, 5) is 0. The number of ether oxygens (including phenoxy) is 1. The second-order valence-electron chi connectivity index (χ2n) is 11.6. The lowest BCUT2D eigenvalue weighted by atomic mass is 9.78. The van der Waals surface area contributed by atoms with Gasteiger partial charge in [0.15, 0.2) is 0 Å². The van der Waals surface area contributed by atoms with E-state index < -0.39 is 6.10 Å². The van der Waals surface area contributed by atoms with Crippen molar-refractivity contribution in [2.45, 2.75) is 103 Å². The summed E-state index contributed by atoms with van der Waals surface area (Å²) in [6.45, 7) is 12.1. The molecular formula is C32H49NO3. The van der Waals surface area contributed by atoms with Crippen molar-refractivity contribution in [3.8, 4) is 5.75 Å². The fourth-order valence-electron chi connectivity index (χ4n) is 5.44. The number of hydrogen-bond acceptors (Lipinski definition) is 4. The Bertz CT molecular complexity index is 893. The van der Waals surface area contributed by atoms with E-state index in [9.17, 15) is 10.2 Å². The lowest BCUT2D eigenvalue weighted by Crippen LogP contribution is -2.44. The molecule has 5 atom stereocenters. The highest BCUT2D eigenvalue weighted by Gasteiger charge is 2.27. The van der Waals surface area contributed by atoms with Gasteiger partial charge in [-0.1, -0.05) is 90.3 Å². The number of rotatable bonds is 13. The number of benzene rings is 2. The molecule has 3 rings (SSSR count). The molecule has 0 aliphatic heterocycles. The largest absolute Gasteiger partial charge is 0.491 e. The maximum Gasteiger partial charge on any atom is 0.119 e. The molecule has 1 fully saturated rings. The third-order valence-electron chi connectivity index (χ3n) is 8.40. The van der Waals surface area contributed by atoms with Gasteiger partial charge in [-0.25, -0.2) is 0 Å². The fourth-order valence-corrected chi connectivity index (χ4v) is 5.44. The molecule has 0 bridgehead atoms. The third-order valence-corrected chi connectivity index (χ3v) is 8.40. The molecule has 4 nitrogen and oxygen atoms in total. The summed E-state index contributed by atoms with van der Waals surface area (Å²) in [7, 11) is 0. The molecule has 3 N–H and O–H groups in total. The van der Waals surface area contributed by atoms with Crippen molar-refractivity contribution in [1.82, 2.24) is 5.32 Å². The quantitative estimate of drug-likeness (QED) is 0.307. The van der Waals surface area contributed by atoms with Gasteiger partial charge in [-0.2, -0.15) is 0 Å². The highest BCUT2D eigenvalue weighted by atomic mass is 16.5. The van der Waals surface area contributed by atoms with Crippen molar-refractivity contribution in [2.75, 3.05) is 13.2 Å². The molecule has 200 valence electrons. The van der Waals surface area contributed by atoms with Crippen LogP contribution in [0.1, 0.15) is 89.8 Å². The van der Waals surface area contributed by atoms with Gasteiger partial charge in [-0.05, 0) is 66.3 Å². The number of nitrogens with one attached hydrogen (secondary N) is 1. The molecule has 1 aliphatic rings. The van der Waals surface area contributed by atoms with E-state index in [2.05, 4.69) is 76.3 Å². The number of hydrogen-bond donors (Lipinski definition) is 3. The van der Waals surface area contributed by atoms with Gasteiger partial charge in [0.2, 0.25) is 0 Å². The molecule has 0 radical (unpaired) electrons. The predicted octanol–water partition coefficient (Wildman–Crippen LogP) is 6.26. The SMILES string of the molecule is CCCC(O)CCc1ccc(C(C)(C)c2ccc(OCC(O)CNC3CCCC(C)C3C)cc2)cc1. The van der Waals surface area contributed by atoms with Crippen LogP contribution in [0.3, 0.4) is 0 Å². The van der Waals surface area contributed by atoms with E-state index in [0.29, 0.717) is 25.1 Å². The monoisotopic (exact) mass is 495 g/mol. The molecule has 36 heavy (non-hydrogen) atoms. The second-order valence-corrected chi connectivity index (χ2v) is 11.6. The van der Waals surface area contributed by atoms with E-state index in [1.54, 1.807) is 0 Å². The van der Waals surface area contributed by atoms with Gasteiger partial charge in [0.25, 0.3) is 0 Å². The summed E-state index contributed by atoms with van der Waals surface area (Å²) in [6.07, 6.45) is 6.69. The van der Waals surface area contributed by atoms with E-state index in [1.165, 1.54) is 36.0 Å². The second kappa shape index (κ2) is 13.6. The van der Waals surface area contributed by atoms with E-state index in [4.69, 9.17) is 4.74 Å². The Labute approximate surface area is 219 Å². The minimum absolute atomic E-state index is 0.129. The molecular weight excluding hydrogens is 446 g/mol. The fraction of sp³-hybridized carbons (Fsp3) is 0.625. The third kappa shape index (κ3) is 8.06. The molecule has 0 spiro atoms. The van der Waals surface area contributed by atoms with Gasteiger partial charge >= 0.3 is 0 Å². The molecule has 0 aromatic heterocycles. The summed E-state index contributed by atoms with van der Waals surface area (Å²) >= 11 is 0. The van der Waals surface area contributed by atoms with Gasteiger partial charge < -0.3 is 20.3 Å². The molecule has 2 aromatic carbocycles. The zero-order valence-corrected chi connectivity index (χ0v) is 23.2. The van der Waals surface area contributed by atoms with Gasteiger partial charge in [0, 0.05) is 18.0 Å². The van der Waals surface area contributed by atoms with Crippen molar-refractivity contribution in [3.63, 3.8) is 0 Å². The van der Waals surface area contributed by atoms with Crippen LogP contribution in [0, 0.1) is 11.8 Å². The average molecular weight is 496 g/mol. The van der Waals surface area contributed by atoms with Crippen molar-refractivity contribution in [1.29, 1.82) is 0 Å². The number of aliphatic hydroxyl groups excluding tert-OH is 2. The first-order valence-corrected chi connectivity index (χ1v) is 14.1.